The van der Waals surface area contributed by atoms with Crippen LogP contribution in [-0.4, -0.2) is 42.2 Å². The minimum atomic E-state index is -2.14. The molecule has 0 saturated heterocycles. The number of aliphatic hydroxyl groups is 1. The summed E-state index contributed by atoms with van der Waals surface area (Å²) < 4.78 is 39.4. The average Bonchev–Trinajstić information content (AvgIpc) is 3.32. The number of ether oxygens (including phenoxy) is 2. The number of nitrogens with one attached hydrogen (secondary N) is 1. The van der Waals surface area contributed by atoms with E-state index in [2.05, 4.69) is 5.32 Å². The molecule has 2 aliphatic rings. The van der Waals surface area contributed by atoms with Crippen LogP contribution in [0.5, 0.6) is 5.75 Å². The van der Waals surface area contributed by atoms with Crippen molar-refractivity contribution in [2.24, 2.45) is 5.92 Å². The second kappa shape index (κ2) is 9.85. The van der Waals surface area contributed by atoms with Crippen LogP contribution in [-0.2, 0) is 26.2 Å². The van der Waals surface area contributed by atoms with E-state index in [-0.39, 0.29) is 30.8 Å². The topological polar surface area (TPSA) is 84.9 Å². The summed E-state index contributed by atoms with van der Waals surface area (Å²) in [6, 6.07) is 8.91. The molecule has 0 saturated carbocycles. The first kappa shape index (κ1) is 25.6. The molecule has 1 aliphatic heterocycles. The molecule has 8 heteroatoms. The summed E-state index contributed by atoms with van der Waals surface area (Å²) in [6.45, 7) is 3.67. The van der Waals surface area contributed by atoms with E-state index < -0.39 is 40.5 Å². The molecule has 1 amide bonds. The highest BCUT2D eigenvalue weighted by Gasteiger charge is 2.45. The maximum atomic E-state index is 14.6. The van der Waals surface area contributed by atoms with E-state index in [1.807, 2.05) is 0 Å². The molecule has 36 heavy (non-hydrogen) atoms. The van der Waals surface area contributed by atoms with Crippen LogP contribution in [0, 0.1) is 17.6 Å². The summed E-state index contributed by atoms with van der Waals surface area (Å²) in [6.07, 6.45) is 4.21. The predicted molar refractivity (Wildman–Crippen MR) is 129 cm³/mol. The Kier molecular flexibility index (Phi) is 7.00. The van der Waals surface area contributed by atoms with Crippen molar-refractivity contribution >= 4 is 11.7 Å². The number of hydrogen-bond acceptors (Lipinski definition) is 5. The van der Waals surface area contributed by atoms with Crippen LogP contribution >= 0.6 is 0 Å². The van der Waals surface area contributed by atoms with Crippen LogP contribution in [0.25, 0.3) is 0 Å². The fourth-order valence-corrected chi connectivity index (χ4v) is 4.95. The fourth-order valence-electron chi connectivity index (χ4n) is 4.95. The van der Waals surface area contributed by atoms with Gasteiger partial charge in [0.05, 0.1) is 19.3 Å². The smallest absolute Gasteiger partial charge is 0.253 e. The van der Waals surface area contributed by atoms with Crippen LogP contribution in [0.4, 0.5) is 8.78 Å². The first-order chi connectivity index (χ1) is 17.0. The fraction of sp³-hybridized carbons (Fsp3) is 0.357. The summed E-state index contributed by atoms with van der Waals surface area (Å²) in [4.78, 5) is 26.5. The van der Waals surface area contributed by atoms with Crippen molar-refractivity contribution in [2.75, 3.05) is 13.7 Å². The summed E-state index contributed by atoms with van der Waals surface area (Å²) in [7, 11) is 1.45. The molecule has 0 bridgehead atoms. The summed E-state index contributed by atoms with van der Waals surface area (Å²) in [5.41, 5.74) is -1.81. The molecule has 4 rings (SSSR count). The molecule has 3 unspecified atom stereocenters. The Labute approximate surface area is 208 Å². The number of rotatable bonds is 8. The van der Waals surface area contributed by atoms with Crippen LogP contribution in [0.1, 0.15) is 31.4 Å². The van der Waals surface area contributed by atoms with Crippen molar-refractivity contribution in [2.45, 2.75) is 43.7 Å². The third kappa shape index (κ3) is 5.04. The lowest BCUT2D eigenvalue weighted by atomic mass is 9.72. The largest absolute Gasteiger partial charge is 0.500 e. The van der Waals surface area contributed by atoms with E-state index in [4.69, 9.17) is 9.47 Å². The maximum Gasteiger partial charge on any atom is 0.253 e. The second-order valence-electron chi connectivity index (χ2n) is 9.92. The van der Waals surface area contributed by atoms with Gasteiger partial charge in [-0.15, -0.1) is 0 Å². The van der Waals surface area contributed by atoms with Gasteiger partial charge >= 0.3 is 0 Å². The standard InChI is InChI=1S/C28H29F2NO5/c1-27(2,21-12-19(29)9-11-24(21)35-3)16-28(34,13-17-6-4-5-7-22(17)30)26(33)31-23-10-8-18-14-36-15-20(18)25(23)32/h4-12,14,20,23,34H,13,15-16H2,1-3H3,(H,31,33). The first-order valence-corrected chi connectivity index (χ1v) is 11.7. The van der Waals surface area contributed by atoms with Crippen LogP contribution in [0.15, 0.2) is 66.5 Å². The molecule has 3 atom stereocenters. The van der Waals surface area contributed by atoms with Crippen LogP contribution in [0.3, 0.4) is 0 Å². The maximum absolute atomic E-state index is 14.6. The van der Waals surface area contributed by atoms with Crippen molar-refractivity contribution in [1.82, 2.24) is 5.32 Å². The van der Waals surface area contributed by atoms with Crippen LogP contribution in [0.2, 0.25) is 0 Å². The van der Waals surface area contributed by atoms with Gasteiger partial charge in [-0.1, -0.05) is 44.2 Å². The van der Waals surface area contributed by atoms with Gasteiger partial charge < -0.3 is 19.9 Å². The molecule has 2 aromatic rings. The van der Waals surface area contributed by atoms with Crippen molar-refractivity contribution in [1.29, 1.82) is 0 Å². The van der Waals surface area contributed by atoms with E-state index in [1.165, 1.54) is 49.8 Å². The Hall–Kier alpha value is -3.52. The molecule has 2 aromatic carbocycles. The zero-order valence-corrected chi connectivity index (χ0v) is 20.4. The number of allylic oxidation sites excluding steroid dienone is 1. The Bertz CT molecular complexity index is 1240. The molecule has 0 radical (unpaired) electrons. The lowest BCUT2D eigenvalue weighted by molar-refractivity contribution is -0.144. The molecule has 0 spiro atoms. The monoisotopic (exact) mass is 497 g/mol. The molecular weight excluding hydrogens is 468 g/mol. The quantitative estimate of drug-likeness (QED) is 0.580. The van der Waals surface area contributed by atoms with E-state index in [0.29, 0.717) is 11.3 Å². The van der Waals surface area contributed by atoms with Crippen molar-refractivity contribution in [3.8, 4) is 5.75 Å². The van der Waals surface area contributed by atoms with Crippen molar-refractivity contribution in [3.63, 3.8) is 0 Å². The number of amides is 1. The third-order valence-electron chi connectivity index (χ3n) is 6.79. The van der Waals surface area contributed by atoms with Gasteiger partial charge in [0.2, 0.25) is 0 Å². The number of carbonyl (C=O) groups is 2. The van der Waals surface area contributed by atoms with Crippen molar-refractivity contribution < 1.29 is 33.0 Å². The minimum Gasteiger partial charge on any atom is -0.500 e. The third-order valence-corrected chi connectivity index (χ3v) is 6.79. The summed E-state index contributed by atoms with van der Waals surface area (Å²) in [5.74, 6) is -2.26. The Morgan fingerprint density at radius 2 is 1.97 bits per heavy atom. The number of Topliss-reactive ketones (excluding diaryl/α,β-unsaturated/α-hetero) is 1. The highest BCUT2D eigenvalue weighted by molar-refractivity contribution is 5.97. The number of methoxy groups -OCH3 is 1. The van der Waals surface area contributed by atoms with Gasteiger partial charge in [-0.3, -0.25) is 9.59 Å². The van der Waals surface area contributed by atoms with Crippen LogP contribution < -0.4 is 10.1 Å². The molecule has 0 aromatic heterocycles. The van der Waals surface area contributed by atoms with Gasteiger partial charge in [-0.2, -0.15) is 0 Å². The molecule has 1 heterocycles. The van der Waals surface area contributed by atoms with Gasteiger partial charge in [-0.25, -0.2) is 8.78 Å². The normalized spacial score (nSPS) is 20.7. The molecular formula is C28H29F2NO5. The minimum absolute atomic E-state index is 0.136. The zero-order valence-electron chi connectivity index (χ0n) is 20.4. The second-order valence-corrected chi connectivity index (χ2v) is 9.92. The Morgan fingerprint density at radius 3 is 2.69 bits per heavy atom. The zero-order chi connectivity index (χ0) is 26.1. The molecule has 2 N–H and O–H groups in total. The van der Waals surface area contributed by atoms with E-state index in [9.17, 15) is 23.5 Å². The number of ketones is 1. The lowest BCUT2D eigenvalue weighted by Crippen LogP contribution is -2.56. The average molecular weight is 498 g/mol. The van der Waals surface area contributed by atoms with Gasteiger partial charge in [0.1, 0.15) is 35.6 Å². The number of benzene rings is 2. The van der Waals surface area contributed by atoms with E-state index in [1.54, 1.807) is 32.1 Å². The van der Waals surface area contributed by atoms with Gasteiger partial charge in [0.25, 0.3) is 5.91 Å². The molecule has 190 valence electrons. The lowest BCUT2D eigenvalue weighted by Gasteiger charge is -2.37. The highest BCUT2D eigenvalue weighted by atomic mass is 19.1. The van der Waals surface area contributed by atoms with Gasteiger partial charge in [0.15, 0.2) is 5.78 Å². The Morgan fingerprint density at radius 1 is 1.22 bits per heavy atom. The van der Waals surface area contributed by atoms with Crippen molar-refractivity contribution in [3.05, 3.63) is 89.2 Å². The van der Waals surface area contributed by atoms with Gasteiger partial charge in [-0.05, 0) is 41.7 Å². The van der Waals surface area contributed by atoms with E-state index in [0.717, 1.165) is 5.57 Å². The Balaban J connectivity index is 1.67. The number of halogens is 2. The van der Waals surface area contributed by atoms with Gasteiger partial charge in [0, 0.05) is 17.6 Å². The number of hydrogen-bond donors (Lipinski definition) is 2. The summed E-state index contributed by atoms with van der Waals surface area (Å²) in [5, 5.41) is 14.4. The molecule has 1 aliphatic carbocycles. The molecule has 0 fully saturated rings. The number of fused-ring (bicyclic) bond motifs is 1. The SMILES string of the molecule is COc1ccc(F)cc1C(C)(C)CC(O)(Cc1ccccc1F)C(=O)NC1C=CC2=COCC2C1=O. The molecule has 6 nitrogen and oxygen atoms in total. The summed E-state index contributed by atoms with van der Waals surface area (Å²) >= 11 is 0. The van der Waals surface area contributed by atoms with E-state index >= 15 is 0 Å². The first-order valence-electron chi connectivity index (χ1n) is 11.7. The number of carbonyl (C=O) groups excluding carboxylic acids is 2. The highest BCUT2D eigenvalue weighted by Crippen LogP contribution is 2.39. The predicted octanol–water partition coefficient (Wildman–Crippen LogP) is 3.77.